The topological polar surface area (TPSA) is 73.6 Å². The molecule has 0 bridgehead atoms. The Bertz CT molecular complexity index is 432. The Labute approximate surface area is 113 Å². The molecule has 1 aliphatic carbocycles. The molecule has 1 aromatic carbocycles. The van der Waals surface area contributed by atoms with Crippen molar-refractivity contribution in [2.24, 2.45) is 5.73 Å². The second-order valence-electron chi connectivity index (χ2n) is 4.61. The van der Waals surface area contributed by atoms with Gasteiger partial charge in [-0.1, -0.05) is 6.07 Å². The van der Waals surface area contributed by atoms with E-state index in [4.69, 9.17) is 15.2 Å². The molecule has 0 aliphatic heterocycles. The fourth-order valence-electron chi connectivity index (χ4n) is 1.75. The van der Waals surface area contributed by atoms with Crippen LogP contribution in [0.25, 0.3) is 0 Å². The average molecular weight is 264 g/mol. The van der Waals surface area contributed by atoms with E-state index in [1.807, 2.05) is 25.1 Å². The van der Waals surface area contributed by atoms with Gasteiger partial charge < -0.3 is 20.5 Å². The van der Waals surface area contributed by atoms with Crippen molar-refractivity contribution >= 4 is 5.91 Å². The first-order valence-electron chi connectivity index (χ1n) is 6.60. The monoisotopic (exact) mass is 264 g/mol. The molecular weight excluding hydrogens is 244 g/mol. The fraction of sp³-hybridized carbons (Fsp3) is 0.500. The maximum absolute atomic E-state index is 11.3. The van der Waals surface area contributed by atoms with Crippen LogP contribution >= 0.6 is 0 Å². The van der Waals surface area contributed by atoms with Crippen molar-refractivity contribution in [1.29, 1.82) is 0 Å². The first kappa shape index (κ1) is 13.7. The Morgan fingerprint density at radius 2 is 2.11 bits per heavy atom. The number of benzene rings is 1. The van der Waals surface area contributed by atoms with Gasteiger partial charge in [-0.3, -0.25) is 4.79 Å². The van der Waals surface area contributed by atoms with Crippen molar-refractivity contribution in [1.82, 2.24) is 5.32 Å². The number of primary amides is 1. The van der Waals surface area contributed by atoms with Gasteiger partial charge in [0.1, 0.15) is 24.1 Å². The molecule has 1 saturated carbocycles. The van der Waals surface area contributed by atoms with Crippen LogP contribution in [0, 0.1) is 0 Å². The molecule has 19 heavy (non-hydrogen) atoms. The zero-order valence-electron chi connectivity index (χ0n) is 11.1. The van der Waals surface area contributed by atoms with E-state index in [1.165, 1.54) is 0 Å². The number of hydrogen-bond donors (Lipinski definition) is 2. The number of hydrogen-bond acceptors (Lipinski definition) is 4. The molecule has 5 nitrogen and oxygen atoms in total. The predicted octanol–water partition coefficient (Wildman–Crippen LogP) is 1.07. The smallest absolute Gasteiger partial charge is 0.238 e. The van der Waals surface area contributed by atoms with Crippen molar-refractivity contribution in [3.05, 3.63) is 24.3 Å². The van der Waals surface area contributed by atoms with Gasteiger partial charge >= 0.3 is 0 Å². The van der Waals surface area contributed by atoms with E-state index in [2.05, 4.69) is 5.32 Å². The van der Waals surface area contributed by atoms with Crippen LogP contribution in [0.2, 0.25) is 0 Å². The van der Waals surface area contributed by atoms with Gasteiger partial charge in [0.25, 0.3) is 0 Å². The van der Waals surface area contributed by atoms with Crippen LogP contribution in [0.1, 0.15) is 19.8 Å². The Kier molecular flexibility index (Phi) is 4.63. The standard InChI is InChI=1S/C14H20N2O3/c1-2-18-11-4-3-5-12(8-11)19-9-13(14(15)17)16-10-6-7-10/h3-5,8,10,13,16H,2,6-7,9H2,1H3,(H2,15,17). The number of amides is 1. The lowest BCUT2D eigenvalue weighted by Crippen LogP contribution is -2.46. The number of carbonyl (C=O) groups is 1. The summed E-state index contributed by atoms with van der Waals surface area (Å²) in [6, 6.07) is 7.33. The number of nitrogens with one attached hydrogen (secondary N) is 1. The zero-order chi connectivity index (χ0) is 13.7. The first-order valence-corrected chi connectivity index (χ1v) is 6.60. The summed E-state index contributed by atoms with van der Waals surface area (Å²) in [6.45, 7) is 2.77. The Balaban J connectivity index is 1.88. The summed E-state index contributed by atoms with van der Waals surface area (Å²) in [4.78, 5) is 11.3. The molecule has 1 aliphatic rings. The number of carbonyl (C=O) groups excluding carboxylic acids is 1. The maximum atomic E-state index is 11.3. The number of nitrogens with two attached hydrogens (primary N) is 1. The fourth-order valence-corrected chi connectivity index (χ4v) is 1.75. The molecule has 0 aromatic heterocycles. The minimum Gasteiger partial charge on any atom is -0.494 e. The second kappa shape index (κ2) is 6.43. The van der Waals surface area contributed by atoms with Gasteiger partial charge in [0, 0.05) is 12.1 Å². The van der Waals surface area contributed by atoms with Gasteiger partial charge in [-0.15, -0.1) is 0 Å². The van der Waals surface area contributed by atoms with Gasteiger partial charge in [-0.25, -0.2) is 0 Å². The molecule has 1 unspecified atom stereocenters. The van der Waals surface area contributed by atoms with Crippen LogP contribution in [0.5, 0.6) is 11.5 Å². The summed E-state index contributed by atoms with van der Waals surface area (Å²) in [7, 11) is 0. The van der Waals surface area contributed by atoms with Gasteiger partial charge in [0.2, 0.25) is 5.91 Å². The Hall–Kier alpha value is -1.75. The molecule has 104 valence electrons. The molecule has 1 atom stereocenters. The molecule has 2 rings (SSSR count). The summed E-state index contributed by atoms with van der Waals surface area (Å²) < 4.78 is 11.0. The quantitative estimate of drug-likeness (QED) is 0.736. The van der Waals surface area contributed by atoms with E-state index in [1.54, 1.807) is 6.07 Å². The van der Waals surface area contributed by atoms with E-state index < -0.39 is 6.04 Å². The van der Waals surface area contributed by atoms with Crippen molar-refractivity contribution in [3.8, 4) is 11.5 Å². The summed E-state index contributed by atoms with van der Waals surface area (Å²) in [5, 5.41) is 3.17. The highest BCUT2D eigenvalue weighted by atomic mass is 16.5. The molecule has 1 fully saturated rings. The van der Waals surface area contributed by atoms with Crippen molar-refractivity contribution in [3.63, 3.8) is 0 Å². The van der Waals surface area contributed by atoms with Gasteiger partial charge in [0.05, 0.1) is 6.61 Å². The van der Waals surface area contributed by atoms with E-state index in [9.17, 15) is 4.79 Å². The summed E-state index contributed by atoms with van der Waals surface area (Å²) >= 11 is 0. The molecule has 0 heterocycles. The van der Waals surface area contributed by atoms with Crippen LogP contribution in [0.4, 0.5) is 0 Å². The highest BCUT2D eigenvalue weighted by Gasteiger charge is 2.27. The first-order chi connectivity index (χ1) is 9.19. The lowest BCUT2D eigenvalue weighted by atomic mass is 10.3. The van der Waals surface area contributed by atoms with E-state index in [0.29, 0.717) is 18.4 Å². The number of ether oxygens (including phenoxy) is 2. The number of rotatable bonds is 8. The molecular formula is C14H20N2O3. The molecule has 5 heteroatoms. The lowest BCUT2D eigenvalue weighted by Gasteiger charge is -2.16. The van der Waals surface area contributed by atoms with Crippen LogP contribution in [-0.2, 0) is 4.79 Å². The molecule has 1 aromatic rings. The third kappa shape index (κ3) is 4.44. The van der Waals surface area contributed by atoms with Gasteiger partial charge in [0.15, 0.2) is 0 Å². The third-order valence-electron chi connectivity index (χ3n) is 2.89. The highest BCUT2D eigenvalue weighted by molar-refractivity contribution is 5.80. The van der Waals surface area contributed by atoms with E-state index in [0.717, 1.165) is 18.6 Å². The predicted molar refractivity (Wildman–Crippen MR) is 72.2 cm³/mol. The third-order valence-corrected chi connectivity index (χ3v) is 2.89. The lowest BCUT2D eigenvalue weighted by molar-refractivity contribution is -0.120. The average Bonchev–Trinajstić information content (AvgIpc) is 3.19. The summed E-state index contributed by atoms with van der Waals surface area (Å²) in [6.07, 6.45) is 2.20. The molecule has 0 saturated heterocycles. The molecule has 1 amide bonds. The minimum atomic E-state index is -0.441. The Morgan fingerprint density at radius 3 is 2.68 bits per heavy atom. The maximum Gasteiger partial charge on any atom is 0.238 e. The highest BCUT2D eigenvalue weighted by Crippen LogP contribution is 2.21. The van der Waals surface area contributed by atoms with Gasteiger partial charge in [-0.05, 0) is 31.9 Å². The molecule has 0 spiro atoms. The normalized spacial score (nSPS) is 15.8. The van der Waals surface area contributed by atoms with Crippen LogP contribution in [0.15, 0.2) is 24.3 Å². The summed E-state index contributed by atoms with van der Waals surface area (Å²) in [5.74, 6) is 1.05. The van der Waals surface area contributed by atoms with Crippen molar-refractivity contribution in [2.45, 2.75) is 31.8 Å². The van der Waals surface area contributed by atoms with Gasteiger partial charge in [-0.2, -0.15) is 0 Å². The second-order valence-corrected chi connectivity index (χ2v) is 4.61. The molecule has 3 N–H and O–H groups in total. The minimum absolute atomic E-state index is 0.238. The van der Waals surface area contributed by atoms with Crippen LogP contribution in [0.3, 0.4) is 0 Å². The van der Waals surface area contributed by atoms with Crippen molar-refractivity contribution < 1.29 is 14.3 Å². The Morgan fingerprint density at radius 1 is 1.42 bits per heavy atom. The SMILES string of the molecule is CCOc1cccc(OCC(NC2CC2)C(N)=O)c1. The zero-order valence-corrected chi connectivity index (χ0v) is 11.1. The van der Waals surface area contributed by atoms with E-state index in [-0.39, 0.29) is 12.5 Å². The van der Waals surface area contributed by atoms with Crippen molar-refractivity contribution in [2.75, 3.05) is 13.2 Å². The van der Waals surface area contributed by atoms with E-state index >= 15 is 0 Å². The molecule has 0 radical (unpaired) electrons. The summed E-state index contributed by atoms with van der Waals surface area (Å²) in [5.41, 5.74) is 5.35. The van der Waals surface area contributed by atoms with Crippen LogP contribution in [-0.4, -0.2) is 31.2 Å². The van der Waals surface area contributed by atoms with Crippen LogP contribution < -0.4 is 20.5 Å². The largest absolute Gasteiger partial charge is 0.494 e.